The zero-order valence-corrected chi connectivity index (χ0v) is 14.5. The summed E-state index contributed by atoms with van der Waals surface area (Å²) in [4.78, 5) is 23.2. The van der Waals surface area contributed by atoms with Crippen LogP contribution in [0.25, 0.3) is 0 Å². The minimum Gasteiger partial charge on any atom is -0.478 e. The third-order valence-corrected chi connectivity index (χ3v) is 3.91. The van der Waals surface area contributed by atoms with Crippen molar-refractivity contribution in [2.45, 2.75) is 6.54 Å². The van der Waals surface area contributed by atoms with Gasteiger partial charge in [-0.3, -0.25) is 0 Å². The van der Waals surface area contributed by atoms with Gasteiger partial charge in [-0.15, -0.1) is 0 Å². The number of carbonyl (C=O) groups is 2. The van der Waals surface area contributed by atoms with Gasteiger partial charge < -0.3 is 21.1 Å². The molecule has 0 aliphatic rings. The smallest absolute Gasteiger partial charge is 0.336 e. The Hall–Kier alpha value is -3.80. The molecule has 0 bridgehead atoms. The molecule has 4 N–H and O–H groups in total. The van der Waals surface area contributed by atoms with E-state index < -0.39 is 5.97 Å². The fraction of sp³-hybridized carbons (Fsp3) is 0.0476. The number of aromatic carboxylic acids is 1. The Bertz CT molecular complexity index is 925. The Labute approximate surface area is 156 Å². The molecule has 0 aromatic heterocycles. The van der Waals surface area contributed by atoms with Crippen molar-refractivity contribution in [1.29, 1.82) is 0 Å². The van der Waals surface area contributed by atoms with Crippen LogP contribution in [0.3, 0.4) is 0 Å². The highest BCUT2D eigenvalue weighted by Gasteiger charge is 2.08. The van der Waals surface area contributed by atoms with Crippen molar-refractivity contribution in [2.24, 2.45) is 0 Å². The van der Waals surface area contributed by atoms with Crippen molar-refractivity contribution in [3.05, 3.63) is 90.0 Å². The van der Waals surface area contributed by atoms with Gasteiger partial charge in [0.1, 0.15) is 0 Å². The largest absolute Gasteiger partial charge is 0.478 e. The molecule has 0 aliphatic heterocycles. The topological polar surface area (TPSA) is 90.5 Å². The van der Waals surface area contributed by atoms with Crippen LogP contribution in [0.1, 0.15) is 15.9 Å². The summed E-state index contributed by atoms with van der Waals surface area (Å²) in [5, 5.41) is 17.9. The lowest BCUT2D eigenvalue weighted by atomic mass is 10.1. The van der Waals surface area contributed by atoms with Gasteiger partial charge in [-0.1, -0.05) is 36.4 Å². The highest BCUT2D eigenvalue weighted by molar-refractivity contribution is 5.99. The molecule has 0 spiro atoms. The van der Waals surface area contributed by atoms with Crippen LogP contribution in [0.15, 0.2) is 78.9 Å². The van der Waals surface area contributed by atoms with E-state index in [0.29, 0.717) is 23.5 Å². The van der Waals surface area contributed by atoms with Crippen molar-refractivity contribution in [2.75, 3.05) is 16.0 Å². The lowest BCUT2D eigenvalue weighted by Crippen LogP contribution is -2.19. The molecule has 0 unspecified atom stereocenters. The maximum Gasteiger partial charge on any atom is 0.336 e. The molecule has 6 heteroatoms. The maximum atomic E-state index is 12.0. The molecule has 3 rings (SSSR count). The predicted molar refractivity (Wildman–Crippen MR) is 106 cm³/mol. The molecule has 27 heavy (non-hydrogen) atoms. The molecule has 3 aromatic carbocycles. The second-order valence-electron chi connectivity index (χ2n) is 5.84. The lowest BCUT2D eigenvalue weighted by Gasteiger charge is -2.11. The molecule has 0 aliphatic carbocycles. The van der Waals surface area contributed by atoms with E-state index in [9.17, 15) is 14.7 Å². The number of rotatable bonds is 6. The summed E-state index contributed by atoms with van der Waals surface area (Å²) in [5.41, 5.74) is 3.17. The zero-order chi connectivity index (χ0) is 19.1. The number of hydrogen-bond donors (Lipinski definition) is 4. The molecule has 0 radical (unpaired) electrons. The second-order valence-corrected chi connectivity index (χ2v) is 5.84. The van der Waals surface area contributed by atoms with E-state index >= 15 is 0 Å². The number of anilines is 3. The number of carbonyl (C=O) groups excluding carboxylic acids is 1. The van der Waals surface area contributed by atoms with Gasteiger partial charge in [-0.05, 0) is 48.0 Å². The van der Waals surface area contributed by atoms with Gasteiger partial charge in [0.05, 0.1) is 5.56 Å². The first-order valence-electron chi connectivity index (χ1n) is 8.40. The number of carboxylic acid groups (broad SMARTS) is 1. The van der Waals surface area contributed by atoms with Crippen LogP contribution in [0.2, 0.25) is 0 Å². The van der Waals surface area contributed by atoms with Gasteiger partial charge in [-0.25, -0.2) is 9.59 Å². The van der Waals surface area contributed by atoms with Crippen LogP contribution in [0.5, 0.6) is 0 Å². The quantitative estimate of drug-likeness (QED) is 0.515. The summed E-state index contributed by atoms with van der Waals surface area (Å²) >= 11 is 0. The minimum atomic E-state index is -0.948. The summed E-state index contributed by atoms with van der Waals surface area (Å²) in [6.45, 7) is 0.393. The number of carboxylic acids is 1. The zero-order valence-electron chi connectivity index (χ0n) is 14.5. The molecule has 6 nitrogen and oxygen atoms in total. The first kappa shape index (κ1) is 18.0. The third-order valence-electron chi connectivity index (χ3n) is 3.91. The van der Waals surface area contributed by atoms with Crippen molar-refractivity contribution in [3.63, 3.8) is 0 Å². The number of benzene rings is 3. The Morgan fingerprint density at radius 1 is 0.704 bits per heavy atom. The van der Waals surface area contributed by atoms with Gasteiger partial charge >= 0.3 is 12.0 Å². The normalized spacial score (nSPS) is 10.1. The maximum absolute atomic E-state index is 12.0. The van der Waals surface area contributed by atoms with E-state index in [4.69, 9.17) is 0 Å². The molecule has 3 aromatic rings. The van der Waals surface area contributed by atoms with Gasteiger partial charge in [0, 0.05) is 23.6 Å². The summed E-state index contributed by atoms with van der Waals surface area (Å²) in [6, 6.07) is 22.9. The average molecular weight is 361 g/mol. The summed E-state index contributed by atoms with van der Waals surface area (Å²) in [5.74, 6) is -0.948. The SMILES string of the molecule is O=C(Nc1ccccc1)Nc1ccc(NCc2ccccc2C(=O)O)cc1. The Balaban J connectivity index is 1.56. The third kappa shape index (κ3) is 5.09. The fourth-order valence-electron chi connectivity index (χ4n) is 2.57. The first-order valence-corrected chi connectivity index (χ1v) is 8.40. The molecule has 136 valence electrons. The van der Waals surface area contributed by atoms with E-state index in [0.717, 1.165) is 5.69 Å². The fourth-order valence-corrected chi connectivity index (χ4v) is 2.57. The average Bonchev–Trinajstić information content (AvgIpc) is 2.68. The van der Waals surface area contributed by atoms with Gasteiger partial charge in [0.25, 0.3) is 0 Å². The van der Waals surface area contributed by atoms with E-state index in [2.05, 4.69) is 16.0 Å². The number of hydrogen-bond acceptors (Lipinski definition) is 3. The highest BCUT2D eigenvalue weighted by atomic mass is 16.4. The van der Waals surface area contributed by atoms with Crippen molar-refractivity contribution in [1.82, 2.24) is 0 Å². The van der Waals surface area contributed by atoms with Crippen molar-refractivity contribution in [3.8, 4) is 0 Å². The standard InChI is InChI=1S/C21H19N3O3/c25-20(26)19-9-5-4-6-15(19)14-22-16-10-12-18(13-11-16)24-21(27)23-17-7-2-1-3-8-17/h1-13,22H,14H2,(H,25,26)(H2,23,24,27). The predicted octanol–water partition coefficient (Wildman–Crippen LogP) is 4.64. The van der Waals surface area contributed by atoms with E-state index in [1.807, 2.05) is 48.5 Å². The lowest BCUT2D eigenvalue weighted by molar-refractivity contribution is 0.0695. The summed E-state index contributed by atoms with van der Waals surface area (Å²) in [7, 11) is 0. The van der Waals surface area contributed by atoms with Crippen LogP contribution in [-0.4, -0.2) is 17.1 Å². The van der Waals surface area contributed by atoms with Crippen LogP contribution in [0.4, 0.5) is 21.9 Å². The molecule has 0 heterocycles. The molecular formula is C21H19N3O3. The Morgan fingerprint density at radius 3 is 1.93 bits per heavy atom. The van der Waals surface area contributed by atoms with E-state index in [-0.39, 0.29) is 11.6 Å². The van der Waals surface area contributed by atoms with Gasteiger partial charge in [0.2, 0.25) is 0 Å². The molecule has 0 atom stereocenters. The van der Waals surface area contributed by atoms with Crippen LogP contribution >= 0.6 is 0 Å². The molecule has 0 fully saturated rings. The van der Waals surface area contributed by atoms with Crippen LogP contribution < -0.4 is 16.0 Å². The number of nitrogens with one attached hydrogen (secondary N) is 3. The van der Waals surface area contributed by atoms with E-state index in [1.165, 1.54) is 0 Å². The Morgan fingerprint density at radius 2 is 1.26 bits per heavy atom. The monoisotopic (exact) mass is 361 g/mol. The summed E-state index contributed by atoms with van der Waals surface area (Å²) in [6.07, 6.45) is 0. The number of amides is 2. The number of urea groups is 1. The molecule has 2 amide bonds. The second kappa shape index (κ2) is 8.53. The van der Waals surface area contributed by atoms with Gasteiger partial charge in [-0.2, -0.15) is 0 Å². The molecule has 0 saturated carbocycles. The van der Waals surface area contributed by atoms with Crippen LogP contribution in [-0.2, 0) is 6.54 Å². The minimum absolute atomic E-state index is 0.279. The molecule has 0 saturated heterocycles. The van der Waals surface area contributed by atoms with Crippen LogP contribution in [0, 0.1) is 0 Å². The Kier molecular flexibility index (Phi) is 5.69. The van der Waals surface area contributed by atoms with Gasteiger partial charge in [0.15, 0.2) is 0 Å². The molecular weight excluding hydrogens is 342 g/mol. The summed E-state index contributed by atoms with van der Waals surface area (Å²) < 4.78 is 0. The number of para-hydroxylation sites is 1. The van der Waals surface area contributed by atoms with Crippen molar-refractivity contribution < 1.29 is 14.7 Å². The van der Waals surface area contributed by atoms with Crippen molar-refractivity contribution >= 4 is 29.1 Å². The van der Waals surface area contributed by atoms with E-state index in [1.54, 1.807) is 30.3 Å². The highest BCUT2D eigenvalue weighted by Crippen LogP contribution is 2.16. The first-order chi connectivity index (χ1) is 13.1.